The summed E-state index contributed by atoms with van der Waals surface area (Å²) < 4.78 is 15.7. The van der Waals surface area contributed by atoms with Gasteiger partial charge in [0.15, 0.2) is 0 Å². The minimum Gasteiger partial charge on any atom is -0.331 e. The van der Waals surface area contributed by atoms with Gasteiger partial charge in [0.2, 0.25) is 0 Å². The maximum absolute atomic E-state index is 5.24. The van der Waals surface area contributed by atoms with Gasteiger partial charge in [0.1, 0.15) is 0 Å². The summed E-state index contributed by atoms with van der Waals surface area (Å²) in [6, 6.07) is 0. The van der Waals surface area contributed by atoms with E-state index in [9.17, 15) is 0 Å². The molecule has 0 aliphatic carbocycles. The van der Waals surface area contributed by atoms with Gasteiger partial charge in [0.25, 0.3) is 5.97 Å². The standard InChI is InChI=1S/C13H28O3.H4N2/c1-5-6-7-8-9-10-11-12-13(14-2,15-3)16-4;1-2/h5-12H2,1-4H3;1-2H2. The molecule has 5 heteroatoms. The molecule has 0 aromatic rings. The molecule has 0 rings (SSSR count). The molecule has 5 nitrogen and oxygen atoms in total. The molecule has 0 saturated carbocycles. The number of hydrogen-bond acceptors (Lipinski definition) is 5. The first kappa shape index (κ1) is 20.1. The van der Waals surface area contributed by atoms with Gasteiger partial charge in [-0.05, 0) is 6.42 Å². The summed E-state index contributed by atoms with van der Waals surface area (Å²) in [7, 11) is 4.86. The summed E-state index contributed by atoms with van der Waals surface area (Å²) in [5.74, 6) is 7.17. The van der Waals surface area contributed by atoms with E-state index in [-0.39, 0.29) is 0 Å². The average Bonchev–Trinajstić information content (AvgIpc) is 2.45. The molecule has 0 aliphatic rings. The molecule has 0 unspecified atom stereocenters. The number of nitrogens with two attached hydrogens (primary N) is 2. The third-order valence-corrected chi connectivity index (χ3v) is 3.02. The molecule has 0 aromatic heterocycles. The summed E-state index contributed by atoms with van der Waals surface area (Å²) >= 11 is 0. The molecule has 0 atom stereocenters. The molecular weight excluding hydrogens is 232 g/mol. The number of hydrazine groups is 1. The summed E-state index contributed by atoms with van der Waals surface area (Å²) in [5, 5.41) is 0. The van der Waals surface area contributed by atoms with Gasteiger partial charge < -0.3 is 14.2 Å². The maximum Gasteiger partial charge on any atom is 0.282 e. The van der Waals surface area contributed by atoms with Gasteiger partial charge >= 0.3 is 0 Å². The van der Waals surface area contributed by atoms with Crippen molar-refractivity contribution in [3.05, 3.63) is 0 Å². The van der Waals surface area contributed by atoms with E-state index in [4.69, 9.17) is 14.2 Å². The first-order valence-electron chi connectivity index (χ1n) is 6.73. The van der Waals surface area contributed by atoms with Crippen molar-refractivity contribution in [3.63, 3.8) is 0 Å². The zero-order valence-electron chi connectivity index (χ0n) is 12.5. The maximum atomic E-state index is 5.24. The molecular formula is C13H32N2O3. The van der Waals surface area contributed by atoms with E-state index in [1.807, 2.05) is 0 Å². The third-order valence-electron chi connectivity index (χ3n) is 3.02. The highest BCUT2D eigenvalue weighted by Crippen LogP contribution is 2.21. The average molecular weight is 264 g/mol. The Balaban J connectivity index is 0. The second-order valence-corrected chi connectivity index (χ2v) is 4.17. The van der Waals surface area contributed by atoms with Crippen molar-refractivity contribution < 1.29 is 14.2 Å². The van der Waals surface area contributed by atoms with Crippen molar-refractivity contribution in [2.45, 2.75) is 64.3 Å². The first-order chi connectivity index (χ1) is 8.74. The molecule has 0 fully saturated rings. The van der Waals surface area contributed by atoms with Crippen LogP contribution in [0.1, 0.15) is 58.3 Å². The monoisotopic (exact) mass is 264 g/mol. The first-order valence-corrected chi connectivity index (χ1v) is 6.73. The van der Waals surface area contributed by atoms with E-state index in [0.29, 0.717) is 0 Å². The van der Waals surface area contributed by atoms with E-state index in [1.54, 1.807) is 21.3 Å². The zero-order chi connectivity index (χ0) is 14.3. The molecule has 0 aliphatic heterocycles. The highest BCUT2D eigenvalue weighted by atomic mass is 16.9. The Bertz CT molecular complexity index is 145. The number of unbranched alkanes of at least 4 members (excludes halogenated alkanes) is 6. The number of methoxy groups -OCH3 is 3. The van der Waals surface area contributed by atoms with Crippen LogP contribution < -0.4 is 11.7 Å². The number of ether oxygens (including phenoxy) is 3. The summed E-state index contributed by atoms with van der Waals surface area (Å²) in [4.78, 5) is 0. The van der Waals surface area contributed by atoms with Crippen LogP contribution in [0, 0.1) is 0 Å². The van der Waals surface area contributed by atoms with Gasteiger partial charge in [0.05, 0.1) is 0 Å². The van der Waals surface area contributed by atoms with Crippen molar-refractivity contribution in [1.82, 2.24) is 0 Å². The Labute approximate surface area is 112 Å². The Hall–Kier alpha value is -0.200. The van der Waals surface area contributed by atoms with Gasteiger partial charge in [-0.15, -0.1) is 0 Å². The van der Waals surface area contributed by atoms with Crippen molar-refractivity contribution >= 4 is 0 Å². The quantitative estimate of drug-likeness (QED) is 0.259. The fourth-order valence-corrected chi connectivity index (χ4v) is 1.85. The third kappa shape index (κ3) is 9.79. The smallest absolute Gasteiger partial charge is 0.282 e. The lowest BCUT2D eigenvalue weighted by Crippen LogP contribution is -2.35. The lowest BCUT2D eigenvalue weighted by atomic mass is 10.1. The molecule has 0 aromatic carbocycles. The zero-order valence-corrected chi connectivity index (χ0v) is 12.5. The van der Waals surface area contributed by atoms with E-state index < -0.39 is 5.97 Å². The highest BCUT2D eigenvalue weighted by Gasteiger charge is 2.28. The topological polar surface area (TPSA) is 79.7 Å². The second-order valence-electron chi connectivity index (χ2n) is 4.17. The van der Waals surface area contributed by atoms with Crippen molar-refractivity contribution in [1.29, 1.82) is 0 Å². The van der Waals surface area contributed by atoms with Gasteiger partial charge in [0, 0.05) is 27.8 Å². The molecule has 112 valence electrons. The van der Waals surface area contributed by atoms with E-state index in [0.717, 1.165) is 12.8 Å². The second kappa shape index (κ2) is 14.9. The number of hydrogen-bond donors (Lipinski definition) is 2. The van der Waals surface area contributed by atoms with Gasteiger partial charge in [-0.3, -0.25) is 11.7 Å². The molecule has 18 heavy (non-hydrogen) atoms. The highest BCUT2D eigenvalue weighted by molar-refractivity contribution is 4.56. The van der Waals surface area contributed by atoms with Crippen LogP contribution >= 0.6 is 0 Å². The lowest BCUT2D eigenvalue weighted by Gasteiger charge is -2.28. The van der Waals surface area contributed by atoms with Crippen molar-refractivity contribution in [2.75, 3.05) is 21.3 Å². The van der Waals surface area contributed by atoms with Crippen LogP contribution in [0.3, 0.4) is 0 Å². The Morgan fingerprint density at radius 3 is 1.50 bits per heavy atom. The van der Waals surface area contributed by atoms with Gasteiger partial charge in [-0.2, -0.15) is 0 Å². The van der Waals surface area contributed by atoms with Crippen LogP contribution in [-0.4, -0.2) is 27.3 Å². The molecule has 0 radical (unpaired) electrons. The Kier molecular flexibility index (Phi) is 16.6. The lowest BCUT2D eigenvalue weighted by molar-refractivity contribution is -0.355. The normalized spacial score (nSPS) is 11.0. The molecule has 0 spiro atoms. The fraction of sp³-hybridized carbons (Fsp3) is 1.00. The predicted molar refractivity (Wildman–Crippen MR) is 74.7 cm³/mol. The van der Waals surface area contributed by atoms with E-state index in [1.165, 1.54) is 38.5 Å². The largest absolute Gasteiger partial charge is 0.331 e. The van der Waals surface area contributed by atoms with Crippen LogP contribution in [0.5, 0.6) is 0 Å². The van der Waals surface area contributed by atoms with E-state index >= 15 is 0 Å². The van der Waals surface area contributed by atoms with Crippen LogP contribution in [0.4, 0.5) is 0 Å². The van der Waals surface area contributed by atoms with Gasteiger partial charge in [-0.1, -0.05) is 45.4 Å². The Morgan fingerprint density at radius 2 is 1.11 bits per heavy atom. The number of rotatable bonds is 11. The minimum atomic E-state index is -0.830. The molecule has 4 N–H and O–H groups in total. The molecule has 0 heterocycles. The summed E-state index contributed by atoms with van der Waals surface area (Å²) in [5.41, 5.74) is 0. The fourth-order valence-electron chi connectivity index (χ4n) is 1.85. The molecule has 0 bridgehead atoms. The summed E-state index contributed by atoms with van der Waals surface area (Å²) in [6.45, 7) is 2.24. The molecule has 0 saturated heterocycles. The van der Waals surface area contributed by atoms with Crippen molar-refractivity contribution in [2.24, 2.45) is 11.7 Å². The minimum absolute atomic E-state index is 0.796. The SMILES string of the molecule is CCCCCCCCCC(OC)(OC)OC.NN. The van der Waals surface area contributed by atoms with E-state index in [2.05, 4.69) is 18.6 Å². The van der Waals surface area contributed by atoms with Crippen LogP contribution in [0.15, 0.2) is 0 Å². The van der Waals surface area contributed by atoms with Crippen LogP contribution in [-0.2, 0) is 14.2 Å². The van der Waals surface area contributed by atoms with Gasteiger partial charge in [-0.25, -0.2) is 0 Å². The van der Waals surface area contributed by atoms with Crippen LogP contribution in [0.25, 0.3) is 0 Å². The van der Waals surface area contributed by atoms with Crippen LogP contribution in [0.2, 0.25) is 0 Å². The summed E-state index contributed by atoms with van der Waals surface area (Å²) in [6.07, 6.45) is 9.77. The Morgan fingerprint density at radius 1 is 0.722 bits per heavy atom. The van der Waals surface area contributed by atoms with Crippen molar-refractivity contribution in [3.8, 4) is 0 Å². The predicted octanol–water partition coefficient (Wildman–Crippen LogP) is 2.54. The molecule has 0 amide bonds.